The first-order valence-electron chi connectivity index (χ1n) is 4.47. The number of nitrogens with zero attached hydrogens (tertiary/aromatic N) is 1. The van der Waals surface area contributed by atoms with E-state index in [-0.39, 0.29) is 5.78 Å². The summed E-state index contributed by atoms with van der Waals surface area (Å²) in [6.45, 7) is 3.93. The molecule has 0 fully saturated rings. The Kier molecular flexibility index (Phi) is 3.47. The molecule has 0 aromatic carbocycles. The maximum Gasteiger partial charge on any atom is 0.197 e. The maximum absolute atomic E-state index is 11.7. The van der Waals surface area contributed by atoms with Gasteiger partial charge < -0.3 is 4.90 Å². The van der Waals surface area contributed by atoms with Crippen LogP contribution in [0.4, 0.5) is 0 Å². The second kappa shape index (κ2) is 4.42. The van der Waals surface area contributed by atoms with Crippen molar-refractivity contribution in [3.63, 3.8) is 0 Å². The molecular formula is C11H15NOS. The van der Waals surface area contributed by atoms with Gasteiger partial charge in [0.1, 0.15) is 0 Å². The van der Waals surface area contributed by atoms with Gasteiger partial charge in [-0.05, 0) is 26.0 Å². The highest BCUT2D eigenvalue weighted by Gasteiger charge is 2.05. The summed E-state index contributed by atoms with van der Waals surface area (Å²) >= 11 is 1.54. The van der Waals surface area contributed by atoms with Gasteiger partial charge in [-0.1, -0.05) is 0 Å². The molecule has 0 bridgehead atoms. The minimum absolute atomic E-state index is 0.0919. The molecule has 3 heteroatoms. The summed E-state index contributed by atoms with van der Waals surface area (Å²) in [6.07, 6.45) is 1.67. The Balaban J connectivity index is 2.82. The quantitative estimate of drug-likeness (QED) is 0.563. The molecule has 1 rings (SSSR count). The predicted octanol–water partition coefficient (Wildman–Crippen LogP) is 2.70. The van der Waals surface area contributed by atoms with Crippen LogP contribution >= 0.6 is 11.3 Å². The van der Waals surface area contributed by atoms with Gasteiger partial charge in [0.15, 0.2) is 5.78 Å². The van der Waals surface area contributed by atoms with Gasteiger partial charge in [-0.2, -0.15) is 0 Å². The van der Waals surface area contributed by atoms with Crippen molar-refractivity contribution in [2.75, 3.05) is 14.1 Å². The first-order chi connectivity index (χ1) is 6.50. The van der Waals surface area contributed by atoms with Crippen molar-refractivity contribution < 1.29 is 4.79 Å². The lowest BCUT2D eigenvalue weighted by Crippen LogP contribution is -2.09. The summed E-state index contributed by atoms with van der Waals surface area (Å²) in [5.74, 6) is 0.0919. The van der Waals surface area contributed by atoms with Crippen molar-refractivity contribution in [2.45, 2.75) is 13.8 Å². The van der Waals surface area contributed by atoms with Gasteiger partial charge in [0.2, 0.25) is 0 Å². The summed E-state index contributed by atoms with van der Waals surface area (Å²) in [5, 5.41) is 0. The Bertz CT molecular complexity index is 363. The van der Waals surface area contributed by atoms with Gasteiger partial charge in [0.05, 0.1) is 4.88 Å². The van der Waals surface area contributed by atoms with E-state index in [0.29, 0.717) is 0 Å². The monoisotopic (exact) mass is 209 g/mol. The molecule has 14 heavy (non-hydrogen) atoms. The van der Waals surface area contributed by atoms with Crippen LogP contribution in [0.3, 0.4) is 0 Å². The molecule has 0 unspecified atom stereocenters. The molecule has 76 valence electrons. The average molecular weight is 209 g/mol. The summed E-state index contributed by atoms with van der Waals surface area (Å²) in [6, 6.07) is 3.85. The van der Waals surface area contributed by atoms with Crippen LogP contribution in [0.1, 0.15) is 21.5 Å². The van der Waals surface area contributed by atoms with E-state index in [9.17, 15) is 4.79 Å². The molecule has 0 aliphatic heterocycles. The van der Waals surface area contributed by atoms with Crippen LogP contribution in [0.15, 0.2) is 23.9 Å². The van der Waals surface area contributed by atoms with Crippen LogP contribution in [0.5, 0.6) is 0 Å². The van der Waals surface area contributed by atoms with Crippen LogP contribution < -0.4 is 0 Å². The third-order valence-corrected chi connectivity index (χ3v) is 3.04. The first kappa shape index (κ1) is 11.0. The van der Waals surface area contributed by atoms with Crippen LogP contribution in [0.2, 0.25) is 0 Å². The highest BCUT2D eigenvalue weighted by atomic mass is 32.1. The summed E-state index contributed by atoms with van der Waals surface area (Å²) < 4.78 is 0. The topological polar surface area (TPSA) is 20.3 Å². The van der Waals surface area contributed by atoms with Gasteiger partial charge in [0.25, 0.3) is 0 Å². The maximum atomic E-state index is 11.7. The predicted molar refractivity (Wildman–Crippen MR) is 60.8 cm³/mol. The lowest BCUT2D eigenvalue weighted by Gasteiger charge is -2.11. The number of rotatable bonds is 3. The fraction of sp³-hybridized carbons (Fsp3) is 0.364. The van der Waals surface area contributed by atoms with E-state index in [0.717, 1.165) is 10.6 Å². The van der Waals surface area contributed by atoms with E-state index < -0.39 is 0 Å². The third-order valence-electron chi connectivity index (χ3n) is 2.03. The number of thiophene rings is 1. The molecule has 0 spiro atoms. The van der Waals surface area contributed by atoms with Crippen LogP contribution in [-0.2, 0) is 0 Å². The average Bonchev–Trinajstić information content (AvgIpc) is 2.51. The number of carbonyl (C=O) groups excluding carboxylic acids is 1. The van der Waals surface area contributed by atoms with Crippen molar-refractivity contribution >= 4 is 17.1 Å². The molecule has 0 amide bonds. The summed E-state index contributed by atoms with van der Waals surface area (Å²) in [7, 11) is 3.86. The molecule has 0 radical (unpaired) electrons. The fourth-order valence-corrected chi connectivity index (χ4v) is 1.74. The second-order valence-electron chi connectivity index (χ2n) is 3.45. The smallest absolute Gasteiger partial charge is 0.197 e. The van der Waals surface area contributed by atoms with Crippen molar-refractivity contribution in [3.05, 3.63) is 33.7 Å². The second-order valence-corrected chi connectivity index (χ2v) is 4.74. The number of allylic oxidation sites excluding steroid dienone is 2. The van der Waals surface area contributed by atoms with E-state index in [4.69, 9.17) is 0 Å². The minimum Gasteiger partial charge on any atom is -0.381 e. The molecule has 0 aliphatic rings. The largest absolute Gasteiger partial charge is 0.381 e. The lowest BCUT2D eigenvalue weighted by atomic mass is 10.2. The zero-order valence-corrected chi connectivity index (χ0v) is 9.81. The Labute approximate surface area is 88.9 Å². The standard InChI is InChI=1S/C11H15NOS/c1-8(12(3)4)7-10(13)11-6-5-9(2)14-11/h5-7H,1-4H3/b8-7+. The van der Waals surface area contributed by atoms with Crippen molar-refractivity contribution in [1.29, 1.82) is 0 Å². The van der Waals surface area contributed by atoms with Crippen molar-refractivity contribution in [2.24, 2.45) is 0 Å². The highest BCUT2D eigenvalue weighted by Crippen LogP contribution is 2.16. The van der Waals surface area contributed by atoms with Gasteiger partial charge >= 0.3 is 0 Å². The van der Waals surface area contributed by atoms with Crippen molar-refractivity contribution in [3.8, 4) is 0 Å². The fourth-order valence-electron chi connectivity index (χ4n) is 0.957. The van der Waals surface area contributed by atoms with E-state index in [1.807, 2.05) is 45.0 Å². The molecule has 1 heterocycles. The summed E-state index contributed by atoms with van der Waals surface area (Å²) in [5.41, 5.74) is 0.973. The Morgan fingerprint density at radius 3 is 2.50 bits per heavy atom. The van der Waals surface area contributed by atoms with E-state index in [2.05, 4.69) is 0 Å². The zero-order chi connectivity index (χ0) is 10.7. The molecular weight excluding hydrogens is 194 g/mol. The zero-order valence-electron chi connectivity index (χ0n) is 9.00. The molecule has 0 N–H and O–H groups in total. The Morgan fingerprint density at radius 1 is 1.43 bits per heavy atom. The normalized spacial score (nSPS) is 11.6. The van der Waals surface area contributed by atoms with Gasteiger partial charge in [-0.15, -0.1) is 11.3 Å². The highest BCUT2D eigenvalue weighted by molar-refractivity contribution is 7.14. The lowest BCUT2D eigenvalue weighted by molar-refractivity contribution is 0.104. The molecule has 1 aromatic rings. The molecule has 0 saturated heterocycles. The SMILES string of the molecule is C/C(=C\C(=O)c1ccc(C)s1)N(C)C. The number of hydrogen-bond acceptors (Lipinski definition) is 3. The van der Waals surface area contributed by atoms with Gasteiger partial charge in [-0.25, -0.2) is 0 Å². The molecule has 0 atom stereocenters. The molecule has 0 aliphatic carbocycles. The molecule has 0 saturated carbocycles. The van der Waals surface area contributed by atoms with E-state index in [1.165, 1.54) is 16.2 Å². The van der Waals surface area contributed by atoms with Gasteiger partial charge in [-0.3, -0.25) is 4.79 Å². The van der Waals surface area contributed by atoms with E-state index >= 15 is 0 Å². The van der Waals surface area contributed by atoms with Crippen molar-refractivity contribution in [1.82, 2.24) is 4.90 Å². The summed E-state index contributed by atoms with van der Waals surface area (Å²) in [4.78, 5) is 15.6. The minimum atomic E-state index is 0.0919. The Morgan fingerprint density at radius 2 is 2.07 bits per heavy atom. The number of hydrogen-bond donors (Lipinski definition) is 0. The third kappa shape index (κ3) is 2.70. The van der Waals surface area contributed by atoms with Gasteiger partial charge in [0, 0.05) is 30.7 Å². The molecule has 1 aromatic heterocycles. The van der Waals surface area contributed by atoms with Crippen LogP contribution in [0.25, 0.3) is 0 Å². The number of ketones is 1. The first-order valence-corrected chi connectivity index (χ1v) is 5.28. The Hall–Kier alpha value is -1.09. The van der Waals surface area contributed by atoms with Crippen LogP contribution in [0, 0.1) is 6.92 Å². The van der Waals surface area contributed by atoms with Crippen LogP contribution in [-0.4, -0.2) is 24.8 Å². The molecule has 2 nitrogen and oxygen atoms in total. The number of aryl methyl sites for hydroxylation is 1. The number of carbonyl (C=O) groups is 1. The van der Waals surface area contributed by atoms with E-state index in [1.54, 1.807) is 6.08 Å².